The summed E-state index contributed by atoms with van der Waals surface area (Å²) in [6, 6.07) is 11.3. The van der Waals surface area contributed by atoms with Gasteiger partial charge in [-0.05, 0) is 62.1 Å². The van der Waals surface area contributed by atoms with Gasteiger partial charge in [0.05, 0.1) is 5.25 Å². The molecule has 3 aromatic rings. The molecule has 1 aromatic carbocycles. The molecule has 6 nitrogen and oxygen atoms in total. The number of hydrogen-bond acceptors (Lipinski definition) is 5. The standard InChI is InChI=1S/C22H24ClN5OS/c1-15-9-13-27(14-10-15)21(29)16(2)30-22-26-25-20(17-7-11-24-12-8-17)28(22)19-5-3-18(23)4-6-19/h3-8,11-12,15-16H,9-10,13-14H2,1-2H3/t16-/m1/s1. The highest BCUT2D eigenvalue weighted by Gasteiger charge is 2.27. The summed E-state index contributed by atoms with van der Waals surface area (Å²) in [5.74, 6) is 1.55. The molecule has 1 amide bonds. The highest BCUT2D eigenvalue weighted by Crippen LogP contribution is 2.31. The Morgan fingerprint density at radius 2 is 1.77 bits per heavy atom. The van der Waals surface area contributed by atoms with E-state index in [1.54, 1.807) is 12.4 Å². The first kappa shape index (κ1) is 20.9. The van der Waals surface area contributed by atoms with Gasteiger partial charge in [-0.2, -0.15) is 0 Å². The lowest BCUT2D eigenvalue weighted by atomic mass is 9.99. The molecule has 2 aromatic heterocycles. The van der Waals surface area contributed by atoms with Crippen molar-refractivity contribution >= 4 is 29.3 Å². The second kappa shape index (κ2) is 9.18. The van der Waals surface area contributed by atoms with Crippen molar-refractivity contribution in [2.45, 2.75) is 37.1 Å². The predicted molar refractivity (Wildman–Crippen MR) is 120 cm³/mol. The summed E-state index contributed by atoms with van der Waals surface area (Å²) in [7, 11) is 0. The zero-order chi connectivity index (χ0) is 21.1. The van der Waals surface area contributed by atoms with E-state index in [0.29, 0.717) is 21.9 Å². The molecule has 4 rings (SSSR count). The third kappa shape index (κ3) is 4.52. The molecule has 0 radical (unpaired) electrons. The fourth-order valence-corrected chi connectivity index (χ4v) is 4.63. The molecule has 1 fully saturated rings. The van der Waals surface area contributed by atoms with E-state index in [0.717, 1.165) is 37.2 Å². The minimum Gasteiger partial charge on any atom is -0.342 e. The third-order valence-corrected chi connectivity index (χ3v) is 6.66. The number of aromatic nitrogens is 4. The number of piperidine rings is 1. The number of likely N-dealkylation sites (tertiary alicyclic amines) is 1. The minimum absolute atomic E-state index is 0.156. The average Bonchev–Trinajstić information content (AvgIpc) is 3.18. The maximum atomic E-state index is 13.0. The van der Waals surface area contributed by atoms with Crippen molar-refractivity contribution in [1.29, 1.82) is 0 Å². The first-order valence-corrected chi connectivity index (χ1v) is 11.4. The number of pyridine rings is 1. The normalized spacial score (nSPS) is 15.9. The van der Waals surface area contributed by atoms with E-state index in [-0.39, 0.29) is 11.2 Å². The van der Waals surface area contributed by atoms with E-state index in [4.69, 9.17) is 11.6 Å². The monoisotopic (exact) mass is 441 g/mol. The number of thioether (sulfide) groups is 1. The highest BCUT2D eigenvalue weighted by atomic mass is 35.5. The Bertz CT molecular complexity index is 1000. The topological polar surface area (TPSA) is 63.9 Å². The highest BCUT2D eigenvalue weighted by molar-refractivity contribution is 8.00. The smallest absolute Gasteiger partial charge is 0.235 e. The lowest BCUT2D eigenvalue weighted by Gasteiger charge is -2.32. The predicted octanol–water partition coefficient (Wildman–Crippen LogP) is 4.72. The van der Waals surface area contributed by atoms with E-state index >= 15 is 0 Å². The van der Waals surface area contributed by atoms with E-state index in [2.05, 4.69) is 22.1 Å². The van der Waals surface area contributed by atoms with E-state index < -0.39 is 0 Å². The quantitative estimate of drug-likeness (QED) is 0.536. The zero-order valence-corrected chi connectivity index (χ0v) is 18.6. The minimum atomic E-state index is -0.251. The van der Waals surface area contributed by atoms with Crippen LogP contribution < -0.4 is 0 Å². The molecule has 8 heteroatoms. The Morgan fingerprint density at radius 3 is 2.43 bits per heavy atom. The van der Waals surface area contributed by atoms with Crippen molar-refractivity contribution in [3.05, 3.63) is 53.8 Å². The van der Waals surface area contributed by atoms with Crippen molar-refractivity contribution in [3.8, 4) is 17.1 Å². The molecular formula is C22H24ClN5OS. The maximum absolute atomic E-state index is 13.0. The number of nitrogens with zero attached hydrogens (tertiary/aromatic N) is 5. The summed E-state index contributed by atoms with van der Waals surface area (Å²) in [5, 5.41) is 9.94. The van der Waals surface area contributed by atoms with Gasteiger partial charge in [0.25, 0.3) is 0 Å². The fourth-order valence-electron chi connectivity index (χ4n) is 3.55. The first-order valence-electron chi connectivity index (χ1n) is 10.1. The number of hydrogen-bond donors (Lipinski definition) is 0. The van der Waals surface area contributed by atoms with Crippen molar-refractivity contribution < 1.29 is 4.79 Å². The van der Waals surface area contributed by atoms with Gasteiger partial charge < -0.3 is 4.90 Å². The van der Waals surface area contributed by atoms with Gasteiger partial charge in [0.2, 0.25) is 5.91 Å². The van der Waals surface area contributed by atoms with Gasteiger partial charge in [-0.25, -0.2) is 0 Å². The molecule has 0 spiro atoms. The molecule has 0 unspecified atom stereocenters. The lowest BCUT2D eigenvalue weighted by molar-refractivity contribution is -0.131. The molecular weight excluding hydrogens is 418 g/mol. The number of carbonyl (C=O) groups excluding carboxylic acids is 1. The fraction of sp³-hybridized carbons (Fsp3) is 0.364. The van der Waals surface area contributed by atoms with Gasteiger partial charge in [-0.15, -0.1) is 10.2 Å². The van der Waals surface area contributed by atoms with Crippen molar-refractivity contribution in [3.63, 3.8) is 0 Å². The maximum Gasteiger partial charge on any atom is 0.235 e. The Hall–Kier alpha value is -2.38. The molecule has 1 atom stereocenters. The number of amides is 1. The summed E-state index contributed by atoms with van der Waals surface area (Å²) in [4.78, 5) is 19.1. The summed E-state index contributed by atoms with van der Waals surface area (Å²) < 4.78 is 1.97. The van der Waals surface area contributed by atoms with Crippen LogP contribution in [0.15, 0.2) is 53.9 Å². The number of halogens is 1. The summed E-state index contributed by atoms with van der Waals surface area (Å²) >= 11 is 7.52. The number of carbonyl (C=O) groups is 1. The molecule has 0 saturated carbocycles. The van der Waals surface area contributed by atoms with Crippen LogP contribution in [-0.4, -0.2) is 48.9 Å². The van der Waals surface area contributed by atoms with Gasteiger partial charge in [-0.1, -0.05) is 30.3 Å². The van der Waals surface area contributed by atoms with Crippen LogP contribution in [-0.2, 0) is 4.79 Å². The van der Waals surface area contributed by atoms with E-state index in [1.165, 1.54) is 11.8 Å². The molecule has 1 aliphatic heterocycles. The second-order valence-corrected chi connectivity index (χ2v) is 9.37. The Labute approximate surface area is 185 Å². The van der Waals surface area contributed by atoms with Crippen LogP contribution in [0.25, 0.3) is 17.1 Å². The van der Waals surface area contributed by atoms with Crippen LogP contribution in [0.2, 0.25) is 5.02 Å². The first-order chi connectivity index (χ1) is 14.5. The molecule has 0 N–H and O–H groups in total. The van der Waals surface area contributed by atoms with Crippen LogP contribution in [0.4, 0.5) is 0 Å². The Kier molecular flexibility index (Phi) is 6.39. The lowest BCUT2D eigenvalue weighted by Crippen LogP contribution is -2.41. The largest absolute Gasteiger partial charge is 0.342 e. The molecule has 1 aliphatic rings. The molecule has 1 saturated heterocycles. The van der Waals surface area contributed by atoms with E-state index in [9.17, 15) is 4.79 Å². The van der Waals surface area contributed by atoms with Crippen LogP contribution >= 0.6 is 23.4 Å². The van der Waals surface area contributed by atoms with Gasteiger partial charge in [-0.3, -0.25) is 14.3 Å². The van der Waals surface area contributed by atoms with Crippen molar-refractivity contribution in [2.75, 3.05) is 13.1 Å². The van der Waals surface area contributed by atoms with Gasteiger partial charge in [0, 0.05) is 41.8 Å². The van der Waals surface area contributed by atoms with Crippen LogP contribution in [0, 0.1) is 5.92 Å². The van der Waals surface area contributed by atoms with Gasteiger partial charge in [0.15, 0.2) is 11.0 Å². The van der Waals surface area contributed by atoms with Crippen LogP contribution in [0.3, 0.4) is 0 Å². The van der Waals surface area contributed by atoms with Crippen LogP contribution in [0.5, 0.6) is 0 Å². The number of rotatable bonds is 5. The summed E-state index contributed by atoms with van der Waals surface area (Å²) in [6.45, 7) is 5.85. The van der Waals surface area contributed by atoms with E-state index in [1.807, 2.05) is 52.8 Å². The van der Waals surface area contributed by atoms with Crippen LogP contribution in [0.1, 0.15) is 26.7 Å². The molecule has 156 valence electrons. The van der Waals surface area contributed by atoms with Gasteiger partial charge in [0.1, 0.15) is 0 Å². The second-order valence-electron chi connectivity index (χ2n) is 7.62. The Balaban J connectivity index is 1.63. The Morgan fingerprint density at radius 1 is 1.10 bits per heavy atom. The molecule has 3 heterocycles. The van der Waals surface area contributed by atoms with Crippen molar-refractivity contribution in [1.82, 2.24) is 24.6 Å². The van der Waals surface area contributed by atoms with Gasteiger partial charge >= 0.3 is 0 Å². The summed E-state index contributed by atoms with van der Waals surface area (Å²) in [6.07, 6.45) is 5.59. The van der Waals surface area contributed by atoms with Crippen molar-refractivity contribution in [2.24, 2.45) is 5.92 Å². The SMILES string of the molecule is CC1CCN(C(=O)[C@@H](C)Sc2nnc(-c3ccncc3)n2-c2ccc(Cl)cc2)CC1. The summed E-state index contributed by atoms with van der Waals surface area (Å²) in [5.41, 5.74) is 1.80. The molecule has 30 heavy (non-hydrogen) atoms. The molecule has 0 aliphatic carbocycles. The molecule has 0 bridgehead atoms. The third-order valence-electron chi connectivity index (χ3n) is 5.38. The zero-order valence-electron chi connectivity index (χ0n) is 17.0. The average molecular weight is 442 g/mol. The number of benzene rings is 1.